The monoisotopic (exact) mass is 465 g/mol. The predicted octanol–water partition coefficient (Wildman–Crippen LogP) is -1.98. The molecule has 0 aliphatic carbocycles. The van der Waals surface area contributed by atoms with Gasteiger partial charge in [0.15, 0.2) is 0 Å². The lowest BCUT2D eigenvalue weighted by Gasteiger charge is -2.26. The minimum absolute atomic E-state index is 0.0581. The molecule has 0 bridgehead atoms. The van der Waals surface area contributed by atoms with E-state index < -0.39 is 53.8 Å². The first-order valence-electron chi connectivity index (χ1n) is 9.37. The van der Waals surface area contributed by atoms with Gasteiger partial charge in [-0.2, -0.15) is 25.3 Å². The van der Waals surface area contributed by atoms with Crippen molar-refractivity contribution in [2.45, 2.75) is 57.3 Å². The molecule has 0 aromatic rings. The highest BCUT2D eigenvalue weighted by Gasteiger charge is 2.31. The third-order valence-corrected chi connectivity index (χ3v) is 5.20. The van der Waals surface area contributed by atoms with E-state index in [4.69, 9.17) is 11.5 Å². The van der Waals surface area contributed by atoms with Crippen molar-refractivity contribution in [3.8, 4) is 0 Å². The van der Waals surface area contributed by atoms with Crippen LogP contribution in [0.5, 0.6) is 0 Å². The molecule has 4 amide bonds. The Morgan fingerprint density at radius 3 is 1.90 bits per heavy atom. The molecule has 11 nitrogen and oxygen atoms in total. The molecule has 0 aliphatic rings. The Bertz CT molecular complexity index is 636. The fourth-order valence-electron chi connectivity index (χ4n) is 2.32. The second-order valence-electron chi connectivity index (χ2n) is 6.81. The summed E-state index contributed by atoms with van der Waals surface area (Å²) in [6.07, 6.45) is 0.125. The first kappa shape index (κ1) is 28.0. The summed E-state index contributed by atoms with van der Waals surface area (Å²) in [6, 6.07) is -4.47. The number of rotatable bonds is 14. The molecule has 0 rings (SSSR count). The molecule has 0 aromatic carbocycles. The summed E-state index contributed by atoms with van der Waals surface area (Å²) < 4.78 is 0. The fourth-order valence-corrected chi connectivity index (χ4v) is 2.74. The van der Waals surface area contributed by atoms with Crippen LogP contribution in [0.3, 0.4) is 0 Å². The second-order valence-corrected chi connectivity index (χ2v) is 7.54. The number of hydrogen-bond donors (Lipinski definition) is 8. The van der Waals surface area contributed by atoms with Gasteiger partial charge in [-0.1, -0.05) is 20.3 Å². The van der Waals surface area contributed by atoms with Gasteiger partial charge in [-0.05, 0) is 12.3 Å². The van der Waals surface area contributed by atoms with Gasteiger partial charge in [-0.25, -0.2) is 4.79 Å². The van der Waals surface area contributed by atoms with Gasteiger partial charge in [0, 0.05) is 17.9 Å². The summed E-state index contributed by atoms with van der Waals surface area (Å²) in [5, 5.41) is 16.5. The van der Waals surface area contributed by atoms with Crippen molar-refractivity contribution in [3.05, 3.63) is 0 Å². The molecule has 30 heavy (non-hydrogen) atoms. The van der Waals surface area contributed by atoms with E-state index in [9.17, 15) is 29.1 Å². The summed E-state index contributed by atoms with van der Waals surface area (Å²) in [5.74, 6) is -4.48. The van der Waals surface area contributed by atoms with Gasteiger partial charge in [0.05, 0.1) is 6.04 Å². The molecule has 0 aliphatic heterocycles. The number of hydrogen-bond acceptors (Lipinski definition) is 8. The van der Waals surface area contributed by atoms with Gasteiger partial charge in [-0.3, -0.25) is 19.2 Å². The van der Waals surface area contributed by atoms with Crippen molar-refractivity contribution in [2.24, 2.45) is 17.4 Å². The average Bonchev–Trinajstić information content (AvgIpc) is 2.70. The third kappa shape index (κ3) is 9.67. The van der Waals surface area contributed by atoms with Crippen molar-refractivity contribution in [2.75, 3.05) is 11.5 Å². The summed E-state index contributed by atoms with van der Waals surface area (Å²) in [7, 11) is 0. The van der Waals surface area contributed by atoms with Gasteiger partial charge >= 0.3 is 5.97 Å². The van der Waals surface area contributed by atoms with E-state index in [1.165, 1.54) is 0 Å². The number of nitrogens with two attached hydrogens (primary N) is 2. The normalized spacial score (nSPS) is 15.8. The Hall–Kier alpha value is -1.99. The maximum Gasteiger partial charge on any atom is 0.326 e. The lowest BCUT2D eigenvalue weighted by atomic mass is 9.98. The minimum atomic E-state index is -1.24. The molecule has 5 atom stereocenters. The summed E-state index contributed by atoms with van der Waals surface area (Å²) in [5.41, 5.74) is 10.7. The molecule has 0 radical (unpaired) electrons. The van der Waals surface area contributed by atoms with Crippen LogP contribution >= 0.6 is 25.3 Å². The number of amides is 4. The zero-order valence-corrected chi connectivity index (χ0v) is 18.7. The highest BCUT2D eigenvalue weighted by Crippen LogP contribution is 2.09. The van der Waals surface area contributed by atoms with Gasteiger partial charge in [-0.15, -0.1) is 0 Å². The molecule has 0 spiro atoms. The first-order valence-corrected chi connectivity index (χ1v) is 10.6. The van der Waals surface area contributed by atoms with E-state index in [2.05, 4.69) is 41.2 Å². The molecule has 0 saturated heterocycles. The van der Waals surface area contributed by atoms with Crippen LogP contribution in [0.15, 0.2) is 0 Å². The van der Waals surface area contributed by atoms with Gasteiger partial charge in [0.2, 0.25) is 23.6 Å². The van der Waals surface area contributed by atoms with Crippen LogP contribution in [0, 0.1) is 5.92 Å². The second kappa shape index (κ2) is 14.1. The summed E-state index contributed by atoms with van der Waals surface area (Å²) >= 11 is 7.93. The van der Waals surface area contributed by atoms with Crippen LogP contribution in [0.1, 0.15) is 33.1 Å². The summed E-state index contributed by atoms with van der Waals surface area (Å²) in [4.78, 5) is 59.7. The molecule has 0 aromatic heterocycles. The lowest BCUT2D eigenvalue weighted by Crippen LogP contribution is -2.58. The highest BCUT2D eigenvalue weighted by atomic mass is 32.1. The number of carboxylic acid groups (broad SMARTS) is 1. The maximum atomic E-state index is 12.6. The van der Waals surface area contributed by atoms with Crippen LogP contribution in [0.4, 0.5) is 0 Å². The Morgan fingerprint density at radius 2 is 1.47 bits per heavy atom. The first-order chi connectivity index (χ1) is 14.0. The van der Waals surface area contributed by atoms with Crippen LogP contribution in [0.25, 0.3) is 0 Å². The Kier molecular flexibility index (Phi) is 13.2. The van der Waals surface area contributed by atoms with Crippen LogP contribution < -0.4 is 27.4 Å². The van der Waals surface area contributed by atoms with Crippen LogP contribution in [-0.2, 0) is 24.0 Å². The van der Waals surface area contributed by atoms with Crippen molar-refractivity contribution in [1.82, 2.24) is 16.0 Å². The number of carbonyl (C=O) groups is 5. The van der Waals surface area contributed by atoms with Crippen LogP contribution in [0.2, 0.25) is 0 Å². The van der Waals surface area contributed by atoms with Crippen molar-refractivity contribution < 1.29 is 29.1 Å². The molecule has 0 fully saturated rings. The molecule has 13 heteroatoms. The fraction of sp³-hybridized carbons (Fsp3) is 0.706. The van der Waals surface area contributed by atoms with E-state index in [0.717, 1.165) is 0 Å². The van der Waals surface area contributed by atoms with E-state index in [-0.39, 0.29) is 30.3 Å². The van der Waals surface area contributed by atoms with Crippen LogP contribution in [-0.4, -0.2) is 70.4 Å². The number of carbonyl (C=O) groups excluding carboxylic acids is 4. The zero-order chi connectivity index (χ0) is 23.4. The molecule has 5 unspecified atom stereocenters. The number of nitrogens with one attached hydrogen (secondary N) is 3. The maximum absolute atomic E-state index is 12.6. The molecule has 0 heterocycles. The SMILES string of the molecule is CCC(C)C(NC(=O)C(CCC(N)=O)NC(=O)C(CS)NC(=O)C(N)CS)C(=O)O. The Balaban J connectivity index is 5.37. The van der Waals surface area contributed by atoms with E-state index in [1.54, 1.807) is 13.8 Å². The van der Waals surface area contributed by atoms with Crippen molar-refractivity contribution >= 4 is 54.9 Å². The standard InChI is InChI=1S/C17H31N5O6S2/c1-3-8(2)13(17(27)28)22-15(25)10(4-5-12(19)23)20-16(26)11(7-30)21-14(24)9(18)6-29/h8-11,13,29-30H,3-7,18H2,1-2H3,(H2,19,23)(H,20,26)(H,21,24)(H,22,25)(H,27,28). The average molecular weight is 466 g/mol. The minimum Gasteiger partial charge on any atom is -0.480 e. The zero-order valence-electron chi connectivity index (χ0n) is 17.0. The Morgan fingerprint density at radius 1 is 0.933 bits per heavy atom. The van der Waals surface area contributed by atoms with E-state index >= 15 is 0 Å². The van der Waals surface area contributed by atoms with E-state index in [1.807, 2.05) is 0 Å². The van der Waals surface area contributed by atoms with Gasteiger partial charge in [0.25, 0.3) is 0 Å². The quantitative estimate of drug-likeness (QED) is 0.136. The largest absolute Gasteiger partial charge is 0.480 e. The predicted molar refractivity (Wildman–Crippen MR) is 117 cm³/mol. The lowest BCUT2D eigenvalue weighted by molar-refractivity contribution is -0.144. The third-order valence-electron chi connectivity index (χ3n) is 4.44. The van der Waals surface area contributed by atoms with Crippen molar-refractivity contribution in [1.29, 1.82) is 0 Å². The highest BCUT2D eigenvalue weighted by molar-refractivity contribution is 7.80. The molecule has 0 saturated carbocycles. The topological polar surface area (TPSA) is 194 Å². The number of primary amides is 1. The van der Waals surface area contributed by atoms with Gasteiger partial charge in [0.1, 0.15) is 18.1 Å². The molecular weight excluding hydrogens is 434 g/mol. The molecule has 172 valence electrons. The summed E-state index contributed by atoms with van der Waals surface area (Å²) in [6.45, 7) is 3.43. The number of aliphatic carboxylic acids is 1. The Labute approximate surface area is 186 Å². The smallest absolute Gasteiger partial charge is 0.326 e. The number of thiol groups is 2. The van der Waals surface area contributed by atoms with Gasteiger partial charge < -0.3 is 32.5 Å². The molecular formula is C17H31N5O6S2. The van der Waals surface area contributed by atoms with E-state index in [0.29, 0.717) is 6.42 Å². The number of carboxylic acids is 1. The van der Waals surface area contributed by atoms with Crippen molar-refractivity contribution in [3.63, 3.8) is 0 Å². The molecule has 8 N–H and O–H groups in total.